The molecule has 0 amide bonds. The highest BCUT2D eigenvalue weighted by atomic mass is 16.6. The van der Waals surface area contributed by atoms with Crippen LogP contribution in [0.5, 0.6) is 0 Å². The van der Waals surface area contributed by atoms with Crippen LogP contribution in [-0.2, 0) is 38.1 Å². The van der Waals surface area contributed by atoms with Crippen molar-refractivity contribution in [3.8, 4) is 0 Å². The number of aliphatic hydroxyl groups excluding tert-OH is 2. The van der Waals surface area contributed by atoms with Gasteiger partial charge in [0.05, 0.1) is 26.4 Å². The van der Waals surface area contributed by atoms with Gasteiger partial charge in [0.15, 0.2) is 0 Å². The Balaban J connectivity index is 4.23. The minimum atomic E-state index is -0.413. The van der Waals surface area contributed by atoms with Gasteiger partial charge in [0.1, 0.15) is 11.7 Å². The summed E-state index contributed by atoms with van der Waals surface area (Å²) >= 11 is 0. The molecule has 12 heteroatoms. The molecular formula is C76H148N2O10. The van der Waals surface area contributed by atoms with E-state index in [0.717, 1.165) is 218 Å². The van der Waals surface area contributed by atoms with Crippen LogP contribution in [0, 0.1) is 5.92 Å². The first-order valence-electron chi connectivity index (χ1n) is 38.2. The molecule has 0 saturated heterocycles. The van der Waals surface area contributed by atoms with Gasteiger partial charge >= 0.3 is 23.9 Å². The molecule has 88 heavy (non-hydrogen) atoms. The van der Waals surface area contributed by atoms with Gasteiger partial charge in [-0.1, -0.05) is 239 Å². The fourth-order valence-corrected chi connectivity index (χ4v) is 12.3. The molecule has 0 aliphatic heterocycles. The molecular weight excluding hydrogens is 1100 g/mol. The molecule has 0 heterocycles. The molecule has 0 rings (SSSR count). The average Bonchev–Trinajstić information content (AvgIpc) is 3.50. The molecule has 0 bridgehead atoms. The molecule has 0 aliphatic rings. The van der Waals surface area contributed by atoms with E-state index in [-0.39, 0.29) is 49.2 Å². The highest BCUT2D eigenvalue weighted by molar-refractivity contribution is 5.70. The summed E-state index contributed by atoms with van der Waals surface area (Å²) in [4.78, 5) is 54.4. The Morgan fingerprint density at radius 3 is 1.10 bits per heavy atom. The van der Waals surface area contributed by atoms with Gasteiger partial charge in [-0.3, -0.25) is 24.1 Å². The summed E-state index contributed by atoms with van der Waals surface area (Å²) in [5, 5.41) is 19.5. The van der Waals surface area contributed by atoms with Gasteiger partial charge < -0.3 is 34.1 Å². The highest BCUT2D eigenvalue weighted by Crippen LogP contribution is 2.24. The summed E-state index contributed by atoms with van der Waals surface area (Å²) in [7, 11) is 0. The van der Waals surface area contributed by atoms with Gasteiger partial charge in [0, 0.05) is 38.3 Å². The van der Waals surface area contributed by atoms with E-state index >= 15 is 0 Å². The van der Waals surface area contributed by atoms with Gasteiger partial charge in [0.2, 0.25) is 0 Å². The first-order valence-corrected chi connectivity index (χ1v) is 38.2. The summed E-state index contributed by atoms with van der Waals surface area (Å²) in [6.45, 7) is 20.9. The third kappa shape index (κ3) is 61.2. The first-order chi connectivity index (χ1) is 42.8. The number of hydrogen-bond donors (Lipinski definition) is 2. The Labute approximate surface area is 544 Å². The Morgan fingerprint density at radius 2 is 0.705 bits per heavy atom. The number of carbonyl (C=O) groups is 4. The van der Waals surface area contributed by atoms with Gasteiger partial charge in [-0.15, -0.1) is 0 Å². The fourth-order valence-electron chi connectivity index (χ4n) is 12.3. The van der Waals surface area contributed by atoms with E-state index in [9.17, 15) is 29.4 Å². The minimum absolute atomic E-state index is 0.00304. The summed E-state index contributed by atoms with van der Waals surface area (Å²) < 4.78 is 22.6. The number of aliphatic hydroxyl groups is 2. The lowest BCUT2D eigenvalue weighted by Crippen LogP contribution is -2.37. The zero-order valence-corrected chi connectivity index (χ0v) is 59.4. The number of rotatable bonds is 69. The normalized spacial score (nSPS) is 12.9. The Morgan fingerprint density at radius 1 is 0.364 bits per heavy atom. The van der Waals surface area contributed by atoms with E-state index < -0.39 is 5.60 Å². The van der Waals surface area contributed by atoms with Crippen molar-refractivity contribution in [3.05, 3.63) is 0 Å². The maximum atomic E-state index is 13.1. The van der Waals surface area contributed by atoms with Crippen LogP contribution >= 0.6 is 0 Å². The molecule has 3 atom stereocenters. The Kier molecular flexibility index (Phi) is 63.1. The number of carbonyl (C=O) groups excluding carboxylic acids is 4. The lowest BCUT2D eigenvalue weighted by molar-refractivity contribution is -0.155. The summed E-state index contributed by atoms with van der Waals surface area (Å²) in [6.07, 6.45) is 57.6. The van der Waals surface area contributed by atoms with E-state index in [1.54, 1.807) is 0 Å². The molecule has 0 fully saturated rings. The van der Waals surface area contributed by atoms with E-state index in [2.05, 4.69) is 37.5 Å². The predicted molar refractivity (Wildman–Crippen MR) is 370 cm³/mol. The summed E-state index contributed by atoms with van der Waals surface area (Å²) in [6, 6.07) is 0.164. The molecule has 3 unspecified atom stereocenters. The predicted octanol–water partition coefficient (Wildman–Crippen LogP) is 20.3. The van der Waals surface area contributed by atoms with E-state index in [0.29, 0.717) is 38.9 Å². The number of unbranched alkanes of at least 4 members (excludes halogenated alkanes) is 34. The molecule has 0 aromatic carbocycles. The maximum absolute atomic E-state index is 13.1. The summed E-state index contributed by atoms with van der Waals surface area (Å²) in [5.74, 6) is 0.611. The highest BCUT2D eigenvalue weighted by Gasteiger charge is 2.18. The summed E-state index contributed by atoms with van der Waals surface area (Å²) in [5.41, 5.74) is -0.413. The monoisotopic (exact) mass is 1250 g/mol. The molecule has 2 N–H and O–H groups in total. The largest absolute Gasteiger partial charge is 0.466 e. The van der Waals surface area contributed by atoms with Gasteiger partial charge in [-0.2, -0.15) is 0 Å². The molecule has 0 aromatic heterocycles. The quantitative estimate of drug-likeness (QED) is 0.0339. The molecule has 0 radical (unpaired) electrons. The zero-order valence-electron chi connectivity index (χ0n) is 59.4. The fraction of sp³-hybridized carbons (Fsp3) is 0.947. The Bertz CT molecular complexity index is 1520. The Hall–Kier alpha value is -2.28. The lowest BCUT2D eigenvalue weighted by Gasteiger charge is -2.27. The number of ether oxygens (including phenoxy) is 4. The molecule has 0 aliphatic carbocycles. The van der Waals surface area contributed by atoms with E-state index in [1.807, 2.05) is 20.8 Å². The van der Waals surface area contributed by atoms with Crippen LogP contribution in [0.3, 0.4) is 0 Å². The van der Waals surface area contributed by atoms with Crippen LogP contribution in [0.15, 0.2) is 0 Å². The van der Waals surface area contributed by atoms with E-state index in [4.69, 9.17) is 18.9 Å². The van der Waals surface area contributed by atoms with Crippen molar-refractivity contribution in [1.29, 1.82) is 0 Å². The molecule has 0 spiro atoms. The van der Waals surface area contributed by atoms with Crippen molar-refractivity contribution in [2.75, 3.05) is 59.2 Å². The SMILES string of the molecule is CCCCCCCCCOC(=O)CCCCCCCN(CCCCCCCC(=O)OC(CCCCCCCC)CCCCCCCCC(CCC)CCCCCOC(=O)CCCCCCCN(CCO)CCCCCCCC(=O)OC(C)(C)C)C(C)CO. The van der Waals surface area contributed by atoms with Gasteiger partial charge in [-0.25, -0.2) is 0 Å². The van der Waals surface area contributed by atoms with Gasteiger partial charge in [0.25, 0.3) is 0 Å². The van der Waals surface area contributed by atoms with Crippen molar-refractivity contribution in [1.82, 2.24) is 9.80 Å². The third-order valence-corrected chi connectivity index (χ3v) is 17.9. The second-order valence-corrected chi connectivity index (χ2v) is 27.7. The minimum Gasteiger partial charge on any atom is -0.466 e. The van der Waals surface area contributed by atoms with E-state index in [1.165, 1.54) is 128 Å². The van der Waals surface area contributed by atoms with Crippen LogP contribution in [-0.4, -0.2) is 121 Å². The second kappa shape index (κ2) is 64.8. The van der Waals surface area contributed by atoms with Crippen molar-refractivity contribution in [2.24, 2.45) is 5.92 Å². The van der Waals surface area contributed by atoms with Crippen molar-refractivity contribution in [2.45, 2.75) is 400 Å². The standard InChI is InChI=1S/C76H148N2O10/c1-8-11-13-15-19-35-49-66-85-72(81)57-42-28-22-33-47-62-78(69(4)68-80)63-48-34-23-29-43-58-74(83)87-71(54-39-25-16-14-12-9-2)55-40-26-18-17-24-37-52-70(51-10-3)53-38-36-50-67-86-73(82)56-41-27-20-31-45-60-77(64-65-79)61-46-32-21-30-44-59-75(84)88-76(5,6)7/h69-71,79-80H,8-68H2,1-7H3. The molecule has 0 saturated carbocycles. The topological polar surface area (TPSA) is 152 Å². The third-order valence-electron chi connectivity index (χ3n) is 17.9. The van der Waals surface area contributed by atoms with Crippen LogP contribution < -0.4 is 0 Å². The van der Waals surface area contributed by atoms with Crippen LogP contribution in [0.2, 0.25) is 0 Å². The molecule has 0 aromatic rings. The zero-order chi connectivity index (χ0) is 64.7. The first kappa shape index (κ1) is 85.7. The molecule has 12 nitrogen and oxygen atoms in total. The van der Waals surface area contributed by atoms with Crippen molar-refractivity contribution in [3.63, 3.8) is 0 Å². The number of esters is 4. The molecule has 522 valence electrons. The number of nitrogens with zero attached hydrogens (tertiary/aromatic N) is 2. The maximum Gasteiger partial charge on any atom is 0.306 e. The number of hydrogen-bond acceptors (Lipinski definition) is 12. The lowest BCUT2D eigenvalue weighted by atomic mass is 9.91. The second-order valence-electron chi connectivity index (χ2n) is 27.7. The van der Waals surface area contributed by atoms with Crippen molar-refractivity contribution < 1.29 is 48.3 Å². The average molecular weight is 1250 g/mol. The smallest absolute Gasteiger partial charge is 0.306 e. The van der Waals surface area contributed by atoms with Crippen LogP contribution in [0.25, 0.3) is 0 Å². The van der Waals surface area contributed by atoms with Gasteiger partial charge in [-0.05, 0) is 150 Å². The van der Waals surface area contributed by atoms with Crippen LogP contribution in [0.4, 0.5) is 0 Å². The van der Waals surface area contributed by atoms with Crippen LogP contribution in [0.1, 0.15) is 382 Å². The van der Waals surface area contributed by atoms with Crippen molar-refractivity contribution >= 4 is 23.9 Å².